The zero-order valence-corrected chi connectivity index (χ0v) is 18.7. The molecule has 1 aromatic heterocycles. The maximum atomic E-state index is 12.9. The van der Waals surface area contributed by atoms with Crippen LogP contribution >= 0.6 is 11.3 Å². The Hall–Kier alpha value is -2.75. The van der Waals surface area contributed by atoms with E-state index in [9.17, 15) is 13.2 Å². The van der Waals surface area contributed by atoms with Gasteiger partial charge in [-0.1, -0.05) is 36.4 Å². The van der Waals surface area contributed by atoms with E-state index in [4.69, 9.17) is 4.74 Å². The number of amides is 1. The number of aromatic nitrogens is 1. The molecule has 0 bridgehead atoms. The Morgan fingerprint density at radius 2 is 1.90 bits per heavy atom. The summed E-state index contributed by atoms with van der Waals surface area (Å²) in [5.74, 6) is 0.630. The third-order valence-corrected chi connectivity index (χ3v) is 7.99. The van der Waals surface area contributed by atoms with Gasteiger partial charge in [0.1, 0.15) is 5.75 Å². The van der Waals surface area contributed by atoms with E-state index in [0.717, 1.165) is 21.9 Å². The Morgan fingerprint density at radius 1 is 1.16 bits per heavy atom. The van der Waals surface area contributed by atoms with Crippen LogP contribution in [0.15, 0.2) is 59.5 Å². The monoisotopic (exact) mass is 457 g/mol. The molecule has 0 atom stereocenters. The number of nitrogens with zero attached hydrogens (tertiary/aromatic N) is 2. The van der Waals surface area contributed by atoms with E-state index in [1.165, 1.54) is 15.6 Å². The first-order chi connectivity index (χ1) is 15.0. The van der Waals surface area contributed by atoms with Crippen LogP contribution in [0, 0.1) is 0 Å². The van der Waals surface area contributed by atoms with Gasteiger partial charge in [0.25, 0.3) is 0 Å². The van der Waals surface area contributed by atoms with Crippen molar-refractivity contribution in [1.82, 2.24) is 9.29 Å². The molecule has 1 aliphatic rings. The summed E-state index contributed by atoms with van der Waals surface area (Å²) >= 11 is 1.33. The molecule has 2 heterocycles. The number of rotatable bonds is 7. The van der Waals surface area contributed by atoms with Gasteiger partial charge in [-0.3, -0.25) is 4.79 Å². The van der Waals surface area contributed by atoms with Gasteiger partial charge in [0, 0.05) is 24.3 Å². The van der Waals surface area contributed by atoms with E-state index in [2.05, 4.69) is 10.3 Å². The van der Waals surface area contributed by atoms with Crippen molar-refractivity contribution >= 4 is 32.4 Å². The molecule has 9 heteroatoms. The summed E-state index contributed by atoms with van der Waals surface area (Å²) in [7, 11) is -1.94. The standard InChI is InChI=1S/C22H23N3O4S2/c1-29-19-10-6-5-7-16(19)11-12-21(26)24-22-23-18-13-14-25(15-20(18)30-22)31(27,28)17-8-3-2-4-9-17/h2-10H,11-15H2,1H3,(H,23,24,26). The Bertz CT molecular complexity index is 1180. The molecule has 0 unspecified atom stereocenters. The predicted molar refractivity (Wildman–Crippen MR) is 120 cm³/mol. The molecule has 31 heavy (non-hydrogen) atoms. The summed E-state index contributed by atoms with van der Waals surface area (Å²) in [4.78, 5) is 18.1. The summed E-state index contributed by atoms with van der Waals surface area (Å²) in [6, 6.07) is 16.0. The molecule has 0 saturated heterocycles. The zero-order valence-electron chi connectivity index (χ0n) is 17.1. The van der Waals surface area contributed by atoms with Gasteiger partial charge in [-0.15, -0.1) is 11.3 Å². The number of nitrogens with one attached hydrogen (secondary N) is 1. The van der Waals surface area contributed by atoms with E-state index in [-0.39, 0.29) is 17.3 Å². The molecule has 3 aromatic rings. The molecule has 0 fully saturated rings. The van der Waals surface area contributed by atoms with Crippen molar-refractivity contribution in [3.8, 4) is 5.75 Å². The van der Waals surface area contributed by atoms with E-state index >= 15 is 0 Å². The maximum absolute atomic E-state index is 12.9. The Labute approximate surface area is 185 Å². The van der Waals surface area contributed by atoms with Gasteiger partial charge < -0.3 is 10.1 Å². The summed E-state index contributed by atoms with van der Waals surface area (Å²) in [5, 5.41) is 3.36. The van der Waals surface area contributed by atoms with Crippen molar-refractivity contribution < 1.29 is 17.9 Å². The fraction of sp³-hybridized carbons (Fsp3) is 0.273. The molecule has 0 aliphatic carbocycles. The summed E-state index contributed by atoms with van der Waals surface area (Å²) in [6.45, 7) is 0.635. The van der Waals surface area contributed by atoms with Crippen LogP contribution in [0.4, 0.5) is 5.13 Å². The van der Waals surface area contributed by atoms with Gasteiger partial charge in [0.05, 0.1) is 24.2 Å². The highest BCUT2D eigenvalue weighted by molar-refractivity contribution is 7.89. The normalized spacial score (nSPS) is 14.1. The molecule has 2 aromatic carbocycles. The summed E-state index contributed by atoms with van der Waals surface area (Å²) in [6.07, 6.45) is 1.39. The van der Waals surface area contributed by atoms with Gasteiger partial charge in [0.15, 0.2) is 5.13 Å². The lowest BCUT2D eigenvalue weighted by atomic mass is 10.1. The molecule has 1 aliphatic heterocycles. The highest BCUT2D eigenvalue weighted by atomic mass is 32.2. The lowest BCUT2D eigenvalue weighted by Gasteiger charge is -2.25. The Balaban J connectivity index is 1.39. The van der Waals surface area contributed by atoms with Crippen LogP contribution in [0.25, 0.3) is 0 Å². The average molecular weight is 458 g/mol. The van der Waals surface area contributed by atoms with Crippen LogP contribution in [0.1, 0.15) is 22.6 Å². The number of hydrogen-bond donors (Lipinski definition) is 1. The zero-order chi connectivity index (χ0) is 21.8. The fourth-order valence-electron chi connectivity index (χ4n) is 3.51. The Morgan fingerprint density at radius 3 is 2.68 bits per heavy atom. The number of benzene rings is 2. The van der Waals surface area contributed by atoms with Crippen LogP contribution in [0.2, 0.25) is 0 Å². The molecule has 0 saturated carbocycles. The van der Waals surface area contributed by atoms with Crippen molar-refractivity contribution in [2.45, 2.75) is 30.7 Å². The minimum absolute atomic E-state index is 0.134. The maximum Gasteiger partial charge on any atom is 0.243 e. The molecule has 7 nitrogen and oxygen atoms in total. The quantitative estimate of drug-likeness (QED) is 0.587. The first-order valence-electron chi connectivity index (χ1n) is 9.93. The third-order valence-electron chi connectivity index (χ3n) is 5.14. The van der Waals surface area contributed by atoms with Gasteiger partial charge in [0.2, 0.25) is 15.9 Å². The number of ether oxygens (including phenoxy) is 1. The molecule has 162 valence electrons. The van der Waals surface area contributed by atoms with Crippen LogP contribution in [-0.2, 0) is 34.2 Å². The topological polar surface area (TPSA) is 88.6 Å². The largest absolute Gasteiger partial charge is 0.496 e. The Kier molecular flexibility index (Phi) is 6.35. The van der Waals surface area contributed by atoms with Crippen molar-refractivity contribution in [3.63, 3.8) is 0 Å². The fourth-order valence-corrected chi connectivity index (χ4v) is 6.06. The van der Waals surface area contributed by atoms with Crippen molar-refractivity contribution in [3.05, 3.63) is 70.7 Å². The molecular formula is C22H23N3O4S2. The number of aryl methyl sites for hydroxylation is 1. The highest BCUT2D eigenvalue weighted by Crippen LogP contribution is 2.31. The van der Waals surface area contributed by atoms with Gasteiger partial charge >= 0.3 is 0 Å². The molecule has 1 N–H and O–H groups in total. The second-order valence-electron chi connectivity index (χ2n) is 7.15. The SMILES string of the molecule is COc1ccccc1CCC(=O)Nc1nc2c(s1)CN(S(=O)(=O)c1ccccc1)CC2. The summed E-state index contributed by atoms with van der Waals surface area (Å²) in [5.41, 5.74) is 1.82. The van der Waals surface area contributed by atoms with E-state index in [0.29, 0.717) is 30.9 Å². The van der Waals surface area contributed by atoms with Gasteiger partial charge in [-0.2, -0.15) is 4.31 Å². The van der Waals surface area contributed by atoms with Crippen LogP contribution in [0.3, 0.4) is 0 Å². The van der Waals surface area contributed by atoms with Crippen LogP contribution in [-0.4, -0.2) is 37.3 Å². The smallest absolute Gasteiger partial charge is 0.243 e. The van der Waals surface area contributed by atoms with Crippen LogP contribution < -0.4 is 10.1 Å². The second kappa shape index (κ2) is 9.17. The van der Waals surface area contributed by atoms with E-state index in [1.54, 1.807) is 37.4 Å². The number of carbonyl (C=O) groups is 1. The lowest BCUT2D eigenvalue weighted by Crippen LogP contribution is -2.35. The summed E-state index contributed by atoms with van der Waals surface area (Å²) < 4.78 is 32.6. The molecule has 0 spiro atoms. The first kappa shape index (κ1) is 21.5. The van der Waals surface area contributed by atoms with Crippen molar-refractivity contribution in [1.29, 1.82) is 0 Å². The minimum Gasteiger partial charge on any atom is -0.496 e. The van der Waals surface area contributed by atoms with Gasteiger partial charge in [-0.05, 0) is 30.2 Å². The van der Waals surface area contributed by atoms with E-state index in [1.807, 2.05) is 24.3 Å². The number of para-hydroxylation sites is 1. The number of sulfonamides is 1. The van der Waals surface area contributed by atoms with E-state index < -0.39 is 10.0 Å². The van der Waals surface area contributed by atoms with Gasteiger partial charge in [-0.25, -0.2) is 13.4 Å². The molecule has 1 amide bonds. The number of thiazole rings is 1. The number of hydrogen-bond acceptors (Lipinski definition) is 6. The average Bonchev–Trinajstić information content (AvgIpc) is 3.19. The molecule has 0 radical (unpaired) electrons. The van der Waals surface area contributed by atoms with Crippen LogP contribution in [0.5, 0.6) is 5.75 Å². The predicted octanol–water partition coefficient (Wildman–Crippen LogP) is 3.47. The third kappa shape index (κ3) is 4.79. The minimum atomic E-state index is -3.55. The van der Waals surface area contributed by atoms with Crippen molar-refractivity contribution in [2.24, 2.45) is 0 Å². The lowest BCUT2D eigenvalue weighted by molar-refractivity contribution is -0.116. The highest BCUT2D eigenvalue weighted by Gasteiger charge is 2.30. The second-order valence-corrected chi connectivity index (χ2v) is 10.2. The first-order valence-corrected chi connectivity index (χ1v) is 12.2. The number of methoxy groups -OCH3 is 1. The molecular weight excluding hydrogens is 434 g/mol. The number of carbonyl (C=O) groups excluding carboxylic acids is 1. The molecule has 4 rings (SSSR count). The number of fused-ring (bicyclic) bond motifs is 1. The number of anilines is 1. The van der Waals surface area contributed by atoms with Crippen molar-refractivity contribution in [2.75, 3.05) is 19.0 Å².